The second-order valence-electron chi connectivity index (χ2n) is 5.31. The van der Waals surface area contributed by atoms with E-state index < -0.39 is 0 Å². The minimum atomic E-state index is 0.0415. The third-order valence-corrected chi connectivity index (χ3v) is 6.04. The van der Waals surface area contributed by atoms with Crippen LogP contribution in [-0.2, 0) is 9.53 Å². The third kappa shape index (κ3) is 3.50. The van der Waals surface area contributed by atoms with Crippen LogP contribution in [0.25, 0.3) is 0 Å². The smallest absolute Gasteiger partial charge is 0.240 e. The molecule has 0 N–H and O–H groups in total. The second kappa shape index (κ2) is 6.78. The normalized spacial score (nSPS) is 23.8. The number of hydrogen-bond acceptors (Lipinski definition) is 3. The van der Waals surface area contributed by atoms with Crippen molar-refractivity contribution >= 4 is 46.6 Å². The first-order valence-corrected chi connectivity index (χ1v) is 8.84. The fourth-order valence-electron chi connectivity index (χ4n) is 2.76. The number of thioether (sulfide) groups is 1. The van der Waals surface area contributed by atoms with Crippen LogP contribution in [0.4, 0.5) is 5.69 Å². The first kappa shape index (κ1) is 15.5. The second-order valence-corrected chi connectivity index (χ2v) is 7.66. The summed E-state index contributed by atoms with van der Waals surface area (Å²) in [5, 5.41) is 1.70. The molecule has 3 rings (SSSR count). The molecule has 1 atom stereocenters. The zero-order valence-corrected chi connectivity index (χ0v) is 13.9. The van der Waals surface area contributed by atoms with Crippen LogP contribution in [0.15, 0.2) is 18.2 Å². The number of amides is 1. The molecule has 1 aromatic rings. The van der Waals surface area contributed by atoms with Crippen LogP contribution in [0.2, 0.25) is 10.0 Å². The average Bonchev–Trinajstić information content (AvgIpc) is 2.82. The summed E-state index contributed by atoms with van der Waals surface area (Å²) in [6.45, 7) is 2.34. The van der Waals surface area contributed by atoms with Crippen LogP contribution < -0.4 is 4.90 Å². The van der Waals surface area contributed by atoms with Gasteiger partial charge in [-0.1, -0.05) is 23.2 Å². The maximum absolute atomic E-state index is 12.6. The summed E-state index contributed by atoms with van der Waals surface area (Å²) >= 11 is 13.9. The summed E-state index contributed by atoms with van der Waals surface area (Å²) in [6, 6.07) is 5.28. The lowest BCUT2D eigenvalue weighted by Gasteiger charge is -2.24. The number of carbonyl (C=O) groups excluding carboxylic acids is 1. The van der Waals surface area contributed by atoms with E-state index in [1.54, 1.807) is 28.8 Å². The molecule has 6 heteroatoms. The molecule has 0 aromatic heterocycles. The van der Waals surface area contributed by atoms with Crippen LogP contribution in [0.1, 0.15) is 19.3 Å². The van der Waals surface area contributed by atoms with Crippen molar-refractivity contribution in [3.05, 3.63) is 28.2 Å². The van der Waals surface area contributed by atoms with Crippen molar-refractivity contribution in [3.63, 3.8) is 0 Å². The standard InChI is InChI=1S/C15H17Cl2NO2S/c16-10-1-2-13(12(17)9-10)18-6-3-14(15(18)19)21-11-4-7-20-8-5-11/h1-2,9,11,14H,3-8H2/t14-/m0/s1. The Morgan fingerprint density at radius 1 is 1.19 bits per heavy atom. The predicted octanol–water partition coefficient (Wildman–Crippen LogP) is 4.01. The van der Waals surface area contributed by atoms with E-state index in [0.29, 0.717) is 15.3 Å². The van der Waals surface area contributed by atoms with Crippen molar-refractivity contribution < 1.29 is 9.53 Å². The molecule has 2 aliphatic heterocycles. The van der Waals surface area contributed by atoms with Gasteiger partial charge >= 0.3 is 0 Å². The number of hydrogen-bond donors (Lipinski definition) is 0. The third-order valence-electron chi connectivity index (χ3n) is 3.88. The Bertz CT molecular complexity index is 534. The number of benzene rings is 1. The zero-order chi connectivity index (χ0) is 14.8. The summed E-state index contributed by atoms with van der Waals surface area (Å²) in [5.74, 6) is 0.163. The van der Waals surface area contributed by atoms with Gasteiger partial charge in [0.15, 0.2) is 0 Å². The minimum Gasteiger partial charge on any atom is -0.381 e. The van der Waals surface area contributed by atoms with Crippen molar-refractivity contribution in [2.45, 2.75) is 29.8 Å². The zero-order valence-electron chi connectivity index (χ0n) is 11.6. The highest BCUT2D eigenvalue weighted by Gasteiger charge is 2.35. The largest absolute Gasteiger partial charge is 0.381 e. The maximum atomic E-state index is 12.6. The molecular weight excluding hydrogens is 329 g/mol. The minimum absolute atomic E-state index is 0.0415. The highest BCUT2D eigenvalue weighted by molar-refractivity contribution is 8.01. The van der Waals surface area contributed by atoms with Crippen molar-refractivity contribution in [3.8, 4) is 0 Å². The van der Waals surface area contributed by atoms with Gasteiger partial charge in [0.05, 0.1) is 16.0 Å². The van der Waals surface area contributed by atoms with E-state index in [9.17, 15) is 4.79 Å². The maximum Gasteiger partial charge on any atom is 0.240 e. The van der Waals surface area contributed by atoms with Gasteiger partial charge in [0.2, 0.25) is 5.91 Å². The van der Waals surface area contributed by atoms with Crippen LogP contribution in [-0.4, -0.2) is 36.2 Å². The van der Waals surface area contributed by atoms with Crippen molar-refractivity contribution in [2.75, 3.05) is 24.7 Å². The molecule has 21 heavy (non-hydrogen) atoms. The van der Waals surface area contributed by atoms with E-state index in [4.69, 9.17) is 27.9 Å². The van der Waals surface area contributed by atoms with E-state index in [1.807, 2.05) is 6.07 Å². The quantitative estimate of drug-likeness (QED) is 0.828. The molecule has 3 nitrogen and oxygen atoms in total. The van der Waals surface area contributed by atoms with E-state index >= 15 is 0 Å². The molecule has 0 saturated carbocycles. The lowest BCUT2D eigenvalue weighted by Crippen LogP contribution is -2.30. The number of halogens is 2. The highest BCUT2D eigenvalue weighted by Crippen LogP contribution is 2.37. The Labute approximate surface area is 138 Å². The molecule has 0 unspecified atom stereocenters. The molecule has 0 spiro atoms. The molecule has 2 fully saturated rings. The summed E-state index contributed by atoms with van der Waals surface area (Å²) in [5.41, 5.74) is 0.765. The SMILES string of the molecule is O=C1[C@@H](SC2CCOCC2)CCN1c1ccc(Cl)cc1Cl. The molecular formula is C15H17Cl2NO2S. The summed E-state index contributed by atoms with van der Waals surface area (Å²) in [4.78, 5) is 14.4. The van der Waals surface area contributed by atoms with Crippen LogP contribution in [0, 0.1) is 0 Å². The first-order chi connectivity index (χ1) is 10.1. The Balaban J connectivity index is 1.68. The Hall–Kier alpha value is -0.420. The highest BCUT2D eigenvalue weighted by atomic mass is 35.5. The molecule has 114 valence electrons. The van der Waals surface area contributed by atoms with Crippen LogP contribution >= 0.6 is 35.0 Å². The molecule has 1 amide bonds. The number of carbonyl (C=O) groups is 1. The van der Waals surface area contributed by atoms with Crippen molar-refractivity contribution in [1.82, 2.24) is 0 Å². The van der Waals surface area contributed by atoms with Gasteiger partial charge in [0.25, 0.3) is 0 Å². The Morgan fingerprint density at radius 3 is 2.67 bits per heavy atom. The lowest BCUT2D eigenvalue weighted by molar-refractivity contribution is -0.116. The molecule has 1 aromatic carbocycles. The predicted molar refractivity (Wildman–Crippen MR) is 88.7 cm³/mol. The average molecular weight is 346 g/mol. The number of ether oxygens (including phenoxy) is 1. The van der Waals surface area contributed by atoms with E-state index in [1.165, 1.54) is 0 Å². The van der Waals surface area contributed by atoms with E-state index in [-0.39, 0.29) is 11.2 Å². The van der Waals surface area contributed by atoms with Gasteiger partial charge in [-0.25, -0.2) is 0 Å². The molecule has 0 aliphatic carbocycles. The van der Waals surface area contributed by atoms with Gasteiger partial charge in [-0.2, -0.15) is 0 Å². The van der Waals surface area contributed by atoms with E-state index in [2.05, 4.69) is 0 Å². The van der Waals surface area contributed by atoms with Crippen LogP contribution in [0.3, 0.4) is 0 Å². The molecule has 0 radical (unpaired) electrons. The van der Waals surface area contributed by atoms with Crippen molar-refractivity contribution in [2.24, 2.45) is 0 Å². The Morgan fingerprint density at radius 2 is 1.95 bits per heavy atom. The fourth-order valence-corrected chi connectivity index (χ4v) is 4.69. The van der Waals surface area contributed by atoms with E-state index in [0.717, 1.165) is 44.7 Å². The van der Waals surface area contributed by atoms with Gasteiger partial charge in [-0.05, 0) is 37.5 Å². The molecule has 2 aliphatic rings. The van der Waals surface area contributed by atoms with Gasteiger partial charge in [0, 0.05) is 30.0 Å². The molecule has 0 bridgehead atoms. The number of rotatable bonds is 3. The summed E-state index contributed by atoms with van der Waals surface area (Å²) in [7, 11) is 0. The fraction of sp³-hybridized carbons (Fsp3) is 0.533. The monoisotopic (exact) mass is 345 g/mol. The molecule has 2 saturated heterocycles. The lowest BCUT2D eigenvalue weighted by atomic mass is 10.2. The van der Waals surface area contributed by atoms with Gasteiger partial charge < -0.3 is 9.64 Å². The topological polar surface area (TPSA) is 29.5 Å². The van der Waals surface area contributed by atoms with Gasteiger partial charge in [-0.3, -0.25) is 4.79 Å². The van der Waals surface area contributed by atoms with Gasteiger partial charge in [0.1, 0.15) is 0 Å². The van der Waals surface area contributed by atoms with Gasteiger partial charge in [-0.15, -0.1) is 11.8 Å². The number of anilines is 1. The Kier molecular flexibility index (Phi) is 4.99. The van der Waals surface area contributed by atoms with Crippen LogP contribution in [0.5, 0.6) is 0 Å². The first-order valence-electron chi connectivity index (χ1n) is 7.15. The molecule has 2 heterocycles. The summed E-state index contributed by atoms with van der Waals surface area (Å²) < 4.78 is 5.37. The van der Waals surface area contributed by atoms with Crippen molar-refractivity contribution in [1.29, 1.82) is 0 Å². The summed E-state index contributed by atoms with van der Waals surface area (Å²) in [6.07, 6.45) is 2.95. The number of nitrogens with zero attached hydrogens (tertiary/aromatic N) is 1.